The highest BCUT2D eigenvalue weighted by Gasteiger charge is 2.54. The van der Waals surface area contributed by atoms with Crippen LogP contribution in [0.5, 0.6) is 0 Å². The van der Waals surface area contributed by atoms with Crippen molar-refractivity contribution in [2.75, 3.05) is 32.8 Å². The summed E-state index contributed by atoms with van der Waals surface area (Å²) >= 11 is 0. The number of nitrogens with zero attached hydrogens (tertiary/aromatic N) is 5. The van der Waals surface area contributed by atoms with Gasteiger partial charge in [-0.3, -0.25) is 19.5 Å². The zero-order valence-electron chi connectivity index (χ0n) is 18.2. The maximum atomic E-state index is 13.2. The molecule has 31 heavy (non-hydrogen) atoms. The summed E-state index contributed by atoms with van der Waals surface area (Å²) in [5.74, 6) is -0.189. The molecule has 2 fully saturated rings. The van der Waals surface area contributed by atoms with Crippen molar-refractivity contribution in [3.8, 4) is 0 Å². The zero-order valence-corrected chi connectivity index (χ0v) is 18.2. The van der Waals surface area contributed by atoms with Crippen LogP contribution >= 0.6 is 0 Å². The highest BCUT2D eigenvalue weighted by molar-refractivity contribution is 5.94. The van der Waals surface area contributed by atoms with Gasteiger partial charge >= 0.3 is 5.97 Å². The van der Waals surface area contributed by atoms with E-state index in [4.69, 9.17) is 4.74 Å². The van der Waals surface area contributed by atoms with E-state index in [1.807, 2.05) is 36.9 Å². The number of carbonyl (C=O) groups is 2. The number of likely N-dealkylation sites (tertiary alicyclic amines) is 2. The van der Waals surface area contributed by atoms with Crippen LogP contribution in [0.25, 0.3) is 0 Å². The number of fused-ring (bicyclic) bond motifs is 1. The smallest absolute Gasteiger partial charge is 0.313 e. The lowest BCUT2D eigenvalue weighted by Gasteiger charge is -2.31. The number of hydrogen-bond acceptors (Lipinski definition) is 7. The molecule has 4 rings (SSSR count). The van der Waals surface area contributed by atoms with E-state index in [1.54, 1.807) is 6.07 Å². The minimum atomic E-state index is -0.592. The molecule has 0 spiro atoms. The zero-order chi connectivity index (χ0) is 21.8. The van der Waals surface area contributed by atoms with Gasteiger partial charge in [0, 0.05) is 44.3 Å². The summed E-state index contributed by atoms with van der Waals surface area (Å²) in [6.45, 7) is 7.37. The van der Waals surface area contributed by atoms with Gasteiger partial charge in [0.05, 0.1) is 35.7 Å². The first-order valence-corrected chi connectivity index (χ1v) is 10.9. The summed E-state index contributed by atoms with van der Waals surface area (Å²) in [4.78, 5) is 35.0. The fourth-order valence-electron chi connectivity index (χ4n) is 4.97. The van der Waals surface area contributed by atoms with Gasteiger partial charge in [0.25, 0.3) is 5.91 Å². The number of amides is 1. The van der Waals surface area contributed by atoms with Crippen molar-refractivity contribution in [1.29, 1.82) is 0 Å². The molecule has 0 saturated carbocycles. The van der Waals surface area contributed by atoms with Gasteiger partial charge in [-0.05, 0) is 44.9 Å². The number of carbonyl (C=O) groups excluding carboxylic acids is 2. The van der Waals surface area contributed by atoms with Crippen LogP contribution in [0.4, 0.5) is 0 Å². The van der Waals surface area contributed by atoms with Crippen molar-refractivity contribution in [3.63, 3.8) is 0 Å². The second kappa shape index (κ2) is 9.09. The first-order chi connectivity index (χ1) is 15.0. The molecule has 0 bridgehead atoms. The van der Waals surface area contributed by atoms with E-state index in [1.165, 1.54) is 12.4 Å². The molecule has 0 unspecified atom stereocenters. The lowest BCUT2D eigenvalue weighted by atomic mass is 9.75. The Morgan fingerprint density at radius 2 is 2.10 bits per heavy atom. The lowest BCUT2D eigenvalue weighted by molar-refractivity contribution is -0.157. The average molecular weight is 424 g/mol. The van der Waals surface area contributed by atoms with Crippen molar-refractivity contribution in [2.24, 2.45) is 11.3 Å². The van der Waals surface area contributed by atoms with Gasteiger partial charge in [-0.1, -0.05) is 6.07 Å². The second-order valence-corrected chi connectivity index (χ2v) is 8.50. The van der Waals surface area contributed by atoms with Crippen LogP contribution in [0.3, 0.4) is 0 Å². The number of ether oxygens (including phenoxy) is 1. The van der Waals surface area contributed by atoms with Gasteiger partial charge in [-0.15, -0.1) is 0 Å². The van der Waals surface area contributed by atoms with E-state index in [2.05, 4.69) is 20.1 Å². The van der Waals surface area contributed by atoms with Crippen LogP contribution in [0.15, 0.2) is 36.7 Å². The second-order valence-electron chi connectivity index (χ2n) is 8.50. The number of rotatable bonds is 5. The first-order valence-electron chi connectivity index (χ1n) is 10.9. The molecule has 0 radical (unpaired) electrons. The van der Waals surface area contributed by atoms with Gasteiger partial charge in [0.2, 0.25) is 0 Å². The average Bonchev–Trinajstić information content (AvgIpc) is 3.00. The Balaban J connectivity index is 1.57. The summed E-state index contributed by atoms with van der Waals surface area (Å²) in [5.41, 5.74) is 1.91. The number of pyridine rings is 1. The molecule has 2 aromatic heterocycles. The molecule has 0 N–H and O–H groups in total. The van der Waals surface area contributed by atoms with E-state index >= 15 is 0 Å². The van der Waals surface area contributed by atoms with Crippen molar-refractivity contribution < 1.29 is 14.3 Å². The number of esters is 1. The first kappa shape index (κ1) is 21.4. The van der Waals surface area contributed by atoms with Crippen LogP contribution in [-0.2, 0) is 16.1 Å². The van der Waals surface area contributed by atoms with E-state index < -0.39 is 5.41 Å². The van der Waals surface area contributed by atoms with Gasteiger partial charge in [0.1, 0.15) is 0 Å². The van der Waals surface area contributed by atoms with Gasteiger partial charge in [0.15, 0.2) is 0 Å². The lowest BCUT2D eigenvalue weighted by Crippen LogP contribution is -2.43. The highest BCUT2D eigenvalue weighted by Crippen LogP contribution is 2.44. The molecule has 2 saturated heterocycles. The predicted molar refractivity (Wildman–Crippen MR) is 114 cm³/mol. The third-order valence-electron chi connectivity index (χ3n) is 6.39. The maximum Gasteiger partial charge on any atom is 0.313 e. The molecule has 2 aliphatic heterocycles. The minimum absolute atomic E-state index is 0.0117. The Morgan fingerprint density at radius 1 is 1.23 bits per heavy atom. The Morgan fingerprint density at radius 3 is 2.84 bits per heavy atom. The molecular formula is C23H29N5O3. The molecule has 2 aromatic rings. The molecule has 1 amide bonds. The molecule has 2 atom stereocenters. The Hall–Kier alpha value is -2.87. The molecule has 0 aliphatic carbocycles. The molecule has 164 valence electrons. The summed E-state index contributed by atoms with van der Waals surface area (Å²) in [7, 11) is 0. The van der Waals surface area contributed by atoms with E-state index in [0.717, 1.165) is 24.4 Å². The molecular weight excluding hydrogens is 394 g/mol. The summed E-state index contributed by atoms with van der Waals surface area (Å²) < 4.78 is 5.54. The highest BCUT2D eigenvalue weighted by atomic mass is 16.5. The standard InChI is InChI=1S/C23H29N5O3/c1-3-31-22(30)23-9-5-11-28(21(29)18-8-10-24-25-12-18)14-19(23)13-27(16-23)15-20-7-4-6-17(2)26-20/h4,6-8,10,12,19H,3,5,9,11,13-16H2,1-2H3/t19-,23+/m1/s1. The normalized spacial score (nSPS) is 23.8. The van der Waals surface area contributed by atoms with Crippen LogP contribution in [0, 0.1) is 18.3 Å². The number of hydrogen-bond donors (Lipinski definition) is 0. The largest absolute Gasteiger partial charge is 0.466 e. The molecule has 0 aromatic carbocycles. The quantitative estimate of drug-likeness (QED) is 0.681. The van der Waals surface area contributed by atoms with Gasteiger partial charge < -0.3 is 9.64 Å². The van der Waals surface area contributed by atoms with Crippen molar-refractivity contribution in [1.82, 2.24) is 25.0 Å². The minimum Gasteiger partial charge on any atom is -0.466 e. The maximum absolute atomic E-state index is 13.2. The van der Waals surface area contributed by atoms with Gasteiger partial charge in [-0.25, -0.2) is 0 Å². The monoisotopic (exact) mass is 423 g/mol. The van der Waals surface area contributed by atoms with Crippen molar-refractivity contribution in [2.45, 2.75) is 33.2 Å². The van der Waals surface area contributed by atoms with Crippen LogP contribution < -0.4 is 0 Å². The van der Waals surface area contributed by atoms with Crippen molar-refractivity contribution >= 4 is 11.9 Å². The van der Waals surface area contributed by atoms with Crippen LogP contribution in [0.1, 0.15) is 41.5 Å². The van der Waals surface area contributed by atoms with Crippen LogP contribution in [0.2, 0.25) is 0 Å². The predicted octanol–water partition coefficient (Wildman–Crippen LogP) is 2.10. The third-order valence-corrected chi connectivity index (χ3v) is 6.39. The van der Waals surface area contributed by atoms with E-state index in [0.29, 0.717) is 44.8 Å². The third kappa shape index (κ3) is 4.44. The van der Waals surface area contributed by atoms with Gasteiger partial charge in [-0.2, -0.15) is 10.2 Å². The van der Waals surface area contributed by atoms with Crippen molar-refractivity contribution in [3.05, 3.63) is 53.6 Å². The fraction of sp³-hybridized carbons (Fsp3) is 0.522. The Kier molecular flexibility index (Phi) is 6.27. The fourth-order valence-corrected chi connectivity index (χ4v) is 4.97. The number of aromatic nitrogens is 3. The van der Waals surface area contributed by atoms with E-state index in [9.17, 15) is 9.59 Å². The molecule has 8 heteroatoms. The summed E-state index contributed by atoms with van der Waals surface area (Å²) in [6.07, 6.45) is 4.50. The topological polar surface area (TPSA) is 88.5 Å². The molecule has 8 nitrogen and oxygen atoms in total. The molecule has 2 aliphatic rings. The Bertz CT molecular complexity index is 938. The molecule has 4 heterocycles. The Labute approximate surface area is 182 Å². The summed E-state index contributed by atoms with van der Waals surface area (Å²) in [5, 5.41) is 7.60. The summed E-state index contributed by atoms with van der Waals surface area (Å²) in [6, 6.07) is 7.69. The van der Waals surface area contributed by atoms with E-state index in [-0.39, 0.29) is 17.8 Å². The SMILES string of the molecule is CCOC(=O)[C@]12CCCN(C(=O)c3ccnnc3)C[C@H]1CN(Cc1cccc(C)n1)C2. The number of aryl methyl sites for hydroxylation is 1. The van der Waals surface area contributed by atoms with Crippen LogP contribution in [-0.4, -0.2) is 69.6 Å².